The first-order valence-corrected chi connectivity index (χ1v) is 11.4. The maximum atomic E-state index is 11.1. The zero-order valence-electron chi connectivity index (χ0n) is 19.4. The second-order valence-corrected chi connectivity index (χ2v) is 8.31. The molecule has 3 aromatic carbocycles. The highest BCUT2D eigenvalue weighted by atomic mass is 16.5. The van der Waals surface area contributed by atoms with Crippen molar-refractivity contribution in [1.82, 2.24) is 0 Å². The summed E-state index contributed by atoms with van der Waals surface area (Å²) in [4.78, 5) is 11.1. The summed E-state index contributed by atoms with van der Waals surface area (Å²) in [5.74, 6) is 1.73. The Morgan fingerprint density at radius 3 is 1.97 bits per heavy atom. The minimum Gasteiger partial charge on any atom is -0.490 e. The van der Waals surface area contributed by atoms with E-state index in [-0.39, 0.29) is 12.5 Å². The predicted molar refractivity (Wildman–Crippen MR) is 130 cm³/mol. The van der Waals surface area contributed by atoms with Gasteiger partial charge >= 0.3 is 0 Å². The molecule has 180 valence electrons. The lowest BCUT2D eigenvalue weighted by molar-refractivity contribution is -0.108. The third-order valence-corrected chi connectivity index (χ3v) is 5.32. The van der Waals surface area contributed by atoms with Crippen LogP contribution in [0.4, 0.5) is 0 Å². The molecule has 6 heteroatoms. The van der Waals surface area contributed by atoms with Gasteiger partial charge in [0.2, 0.25) is 0 Å². The van der Waals surface area contributed by atoms with Gasteiger partial charge in [0.05, 0.1) is 6.61 Å². The van der Waals surface area contributed by atoms with Gasteiger partial charge in [-0.1, -0.05) is 67.6 Å². The number of hydrogen-bond donors (Lipinski definition) is 2. The van der Waals surface area contributed by atoms with Crippen LogP contribution in [0.5, 0.6) is 17.2 Å². The molecular formula is C28H32O6. The number of benzene rings is 3. The average molecular weight is 465 g/mol. The van der Waals surface area contributed by atoms with E-state index < -0.39 is 12.7 Å². The number of aliphatic hydroxyl groups is 2. The maximum Gasteiger partial charge on any atom is 0.130 e. The molecule has 34 heavy (non-hydrogen) atoms. The van der Waals surface area contributed by atoms with Crippen LogP contribution >= 0.6 is 0 Å². The predicted octanol–water partition coefficient (Wildman–Crippen LogP) is 4.34. The third kappa shape index (κ3) is 7.90. The Morgan fingerprint density at radius 2 is 1.41 bits per heavy atom. The number of rotatable bonds is 14. The van der Waals surface area contributed by atoms with Crippen molar-refractivity contribution in [2.45, 2.75) is 39.1 Å². The minimum absolute atomic E-state index is 0.0674. The fraction of sp³-hybridized carbons (Fsp3) is 0.321. The lowest BCUT2D eigenvalue weighted by Gasteiger charge is -2.21. The van der Waals surface area contributed by atoms with Gasteiger partial charge in [-0.05, 0) is 23.5 Å². The fourth-order valence-corrected chi connectivity index (χ4v) is 3.45. The standard InChI is InChI=1S/C28H32O6/c1-21(12-13-29)14-26-27(33-19-23-10-6-3-7-11-23)15-25(16-28(26)34-20-24(31)17-30)32-18-22-8-4-2-5-9-22/h2-11,13,15-16,21,24,30-31H,12,14,17-20H2,1H3/t21-,24?/m1/s1. The molecule has 0 saturated carbocycles. The molecule has 0 fully saturated rings. The number of carbonyl (C=O) groups is 1. The van der Waals surface area contributed by atoms with Crippen LogP contribution in [0, 0.1) is 5.92 Å². The van der Waals surface area contributed by atoms with Crippen LogP contribution in [0.15, 0.2) is 72.8 Å². The molecule has 0 aliphatic heterocycles. The molecule has 0 bridgehead atoms. The molecule has 0 amide bonds. The Morgan fingerprint density at radius 1 is 0.853 bits per heavy atom. The Labute approximate surface area is 200 Å². The molecular weight excluding hydrogens is 432 g/mol. The molecule has 0 aliphatic rings. The number of hydrogen-bond acceptors (Lipinski definition) is 6. The van der Waals surface area contributed by atoms with Crippen molar-refractivity contribution in [2.75, 3.05) is 13.2 Å². The third-order valence-electron chi connectivity index (χ3n) is 5.32. The van der Waals surface area contributed by atoms with Gasteiger partial charge in [0.1, 0.15) is 49.5 Å². The zero-order valence-corrected chi connectivity index (χ0v) is 19.4. The van der Waals surface area contributed by atoms with Crippen molar-refractivity contribution in [3.8, 4) is 17.2 Å². The molecule has 6 nitrogen and oxygen atoms in total. The van der Waals surface area contributed by atoms with Crippen molar-refractivity contribution in [3.05, 3.63) is 89.5 Å². The molecule has 0 aliphatic carbocycles. The first kappa shape index (κ1) is 25.3. The topological polar surface area (TPSA) is 85.2 Å². The lowest BCUT2D eigenvalue weighted by Crippen LogP contribution is -2.22. The normalized spacial score (nSPS) is 12.6. The van der Waals surface area contributed by atoms with Crippen molar-refractivity contribution >= 4 is 6.29 Å². The van der Waals surface area contributed by atoms with Crippen molar-refractivity contribution in [3.63, 3.8) is 0 Å². The molecule has 0 aromatic heterocycles. The summed E-state index contributed by atoms with van der Waals surface area (Å²) in [5.41, 5.74) is 2.83. The first-order valence-electron chi connectivity index (χ1n) is 11.4. The summed E-state index contributed by atoms with van der Waals surface area (Å²) in [5, 5.41) is 19.0. The Balaban J connectivity index is 1.92. The highest BCUT2D eigenvalue weighted by Crippen LogP contribution is 2.37. The van der Waals surface area contributed by atoms with Crippen LogP contribution in [0.1, 0.15) is 30.0 Å². The number of aldehydes is 1. The van der Waals surface area contributed by atoms with Gasteiger partial charge in [-0.25, -0.2) is 0 Å². The highest BCUT2D eigenvalue weighted by molar-refractivity contribution is 5.53. The summed E-state index contributed by atoms with van der Waals surface area (Å²) in [6.45, 7) is 2.24. The summed E-state index contributed by atoms with van der Waals surface area (Å²) in [6.07, 6.45) is 0.848. The van der Waals surface area contributed by atoms with Gasteiger partial charge in [0.25, 0.3) is 0 Å². The minimum atomic E-state index is -1.01. The van der Waals surface area contributed by atoms with E-state index in [0.29, 0.717) is 43.3 Å². The van der Waals surface area contributed by atoms with Crippen LogP contribution in [0.3, 0.4) is 0 Å². The van der Waals surface area contributed by atoms with E-state index in [2.05, 4.69) is 0 Å². The van der Waals surface area contributed by atoms with E-state index in [1.54, 1.807) is 6.07 Å². The van der Waals surface area contributed by atoms with Crippen molar-refractivity contribution in [2.24, 2.45) is 5.92 Å². The molecule has 3 aromatic rings. The molecule has 2 atom stereocenters. The van der Waals surface area contributed by atoms with E-state index in [1.807, 2.05) is 73.7 Å². The van der Waals surface area contributed by atoms with E-state index in [0.717, 1.165) is 23.0 Å². The largest absolute Gasteiger partial charge is 0.490 e. The zero-order chi connectivity index (χ0) is 24.2. The maximum absolute atomic E-state index is 11.1. The highest BCUT2D eigenvalue weighted by Gasteiger charge is 2.19. The Kier molecular flexibility index (Phi) is 9.95. The Hall–Kier alpha value is -3.35. The number of carbonyl (C=O) groups excluding carboxylic acids is 1. The molecule has 0 radical (unpaired) electrons. The van der Waals surface area contributed by atoms with E-state index in [4.69, 9.17) is 14.2 Å². The Bertz CT molecular complexity index is 1010. The molecule has 0 heterocycles. The monoisotopic (exact) mass is 464 g/mol. The van der Waals surface area contributed by atoms with Gasteiger partial charge in [0, 0.05) is 24.1 Å². The summed E-state index contributed by atoms with van der Waals surface area (Å²) in [6, 6.07) is 23.3. The average Bonchev–Trinajstić information content (AvgIpc) is 2.87. The van der Waals surface area contributed by atoms with Crippen LogP contribution in [-0.2, 0) is 24.4 Å². The number of ether oxygens (including phenoxy) is 3. The summed E-state index contributed by atoms with van der Waals surface area (Å²) < 4.78 is 18.1. The van der Waals surface area contributed by atoms with E-state index in [9.17, 15) is 15.0 Å². The first-order chi connectivity index (χ1) is 16.6. The van der Waals surface area contributed by atoms with E-state index in [1.165, 1.54) is 0 Å². The number of aliphatic hydroxyl groups excluding tert-OH is 2. The van der Waals surface area contributed by atoms with E-state index >= 15 is 0 Å². The SMILES string of the molecule is C[C@H](CC=O)Cc1c(OCc2ccccc2)cc(OCc2ccccc2)cc1OCC(O)CO. The molecule has 3 rings (SSSR count). The molecule has 2 N–H and O–H groups in total. The van der Waals surface area contributed by atoms with Crippen molar-refractivity contribution < 1.29 is 29.2 Å². The molecule has 0 spiro atoms. The van der Waals surface area contributed by atoms with Crippen LogP contribution < -0.4 is 14.2 Å². The van der Waals surface area contributed by atoms with Crippen LogP contribution in [-0.4, -0.2) is 35.8 Å². The van der Waals surface area contributed by atoms with Gasteiger partial charge < -0.3 is 29.2 Å². The van der Waals surface area contributed by atoms with Gasteiger partial charge in [-0.2, -0.15) is 0 Å². The summed E-state index contributed by atoms with van der Waals surface area (Å²) >= 11 is 0. The van der Waals surface area contributed by atoms with Crippen LogP contribution in [0.25, 0.3) is 0 Å². The van der Waals surface area contributed by atoms with Gasteiger partial charge in [0.15, 0.2) is 0 Å². The lowest BCUT2D eigenvalue weighted by atomic mass is 9.97. The van der Waals surface area contributed by atoms with Crippen LogP contribution in [0.2, 0.25) is 0 Å². The van der Waals surface area contributed by atoms with Gasteiger partial charge in [-0.15, -0.1) is 0 Å². The second kappa shape index (κ2) is 13.4. The molecule has 1 unspecified atom stereocenters. The summed E-state index contributed by atoms with van der Waals surface area (Å²) in [7, 11) is 0. The quantitative estimate of drug-likeness (QED) is 0.345. The second-order valence-electron chi connectivity index (χ2n) is 8.31. The smallest absolute Gasteiger partial charge is 0.130 e. The van der Waals surface area contributed by atoms with Crippen molar-refractivity contribution in [1.29, 1.82) is 0 Å². The molecule has 0 saturated heterocycles. The fourth-order valence-electron chi connectivity index (χ4n) is 3.45. The van der Waals surface area contributed by atoms with Gasteiger partial charge in [-0.3, -0.25) is 0 Å².